The lowest BCUT2D eigenvalue weighted by molar-refractivity contribution is 0.487. The highest BCUT2D eigenvalue weighted by molar-refractivity contribution is 6.30. The molecular weight excluding hydrogens is 216 g/mol. The summed E-state index contributed by atoms with van der Waals surface area (Å²) in [6, 6.07) is 8.26. The lowest BCUT2D eigenvalue weighted by Crippen LogP contribution is -1.99. The van der Waals surface area contributed by atoms with Gasteiger partial charge in [0.05, 0.1) is 0 Å². The molecule has 0 radical (unpaired) electrons. The van der Waals surface area contributed by atoms with Gasteiger partial charge in [-0.1, -0.05) is 69.7 Å². The monoisotopic (exact) mass is 238 g/mol. The van der Waals surface area contributed by atoms with Crippen LogP contribution in [0.1, 0.15) is 51.5 Å². The van der Waals surface area contributed by atoms with Crippen LogP contribution in [0.25, 0.3) is 0 Å². The van der Waals surface area contributed by atoms with Gasteiger partial charge < -0.3 is 0 Å². The van der Waals surface area contributed by atoms with Crippen molar-refractivity contribution in [1.29, 1.82) is 0 Å². The molecule has 0 unspecified atom stereocenters. The first-order chi connectivity index (χ1) is 7.72. The topological polar surface area (TPSA) is 0 Å². The number of hydrogen-bond donors (Lipinski definition) is 0. The van der Waals surface area contributed by atoms with Gasteiger partial charge in [0.1, 0.15) is 0 Å². The van der Waals surface area contributed by atoms with Crippen LogP contribution in [0.4, 0.5) is 0 Å². The predicted octanol–water partition coefficient (Wildman–Crippen LogP) is 5.49. The summed E-state index contributed by atoms with van der Waals surface area (Å²) in [5.74, 6) is 0.790. The van der Waals surface area contributed by atoms with Gasteiger partial charge >= 0.3 is 0 Å². The van der Waals surface area contributed by atoms with Crippen molar-refractivity contribution in [2.24, 2.45) is 5.92 Å². The molecule has 0 amide bonds. The van der Waals surface area contributed by atoms with E-state index >= 15 is 0 Å². The van der Waals surface area contributed by atoms with Crippen LogP contribution in [-0.2, 0) is 6.42 Å². The second-order valence-electron chi connectivity index (χ2n) is 4.79. The third-order valence-corrected chi connectivity index (χ3v) is 3.30. The van der Waals surface area contributed by atoms with E-state index in [-0.39, 0.29) is 0 Å². The van der Waals surface area contributed by atoms with Crippen molar-refractivity contribution >= 4 is 11.6 Å². The van der Waals surface area contributed by atoms with Gasteiger partial charge in [0.15, 0.2) is 0 Å². The molecule has 0 aliphatic rings. The quantitative estimate of drug-likeness (QED) is 0.551. The smallest absolute Gasteiger partial charge is 0.0406 e. The summed E-state index contributed by atoms with van der Waals surface area (Å²) < 4.78 is 0. The molecule has 1 aromatic rings. The van der Waals surface area contributed by atoms with E-state index in [2.05, 4.69) is 26.0 Å². The molecule has 1 rings (SSSR count). The third kappa shape index (κ3) is 5.55. The Kier molecular flexibility index (Phi) is 6.56. The van der Waals surface area contributed by atoms with Crippen LogP contribution in [0.5, 0.6) is 0 Å². The molecule has 0 heterocycles. The molecule has 0 fully saturated rings. The molecule has 0 N–H and O–H groups in total. The molecule has 0 saturated carbocycles. The van der Waals surface area contributed by atoms with Crippen molar-refractivity contribution in [3.8, 4) is 0 Å². The SMILES string of the molecule is CCCCCC[C@H](C)Cc1ccc(Cl)cc1. The zero-order chi connectivity index (χ0) is 11.8. The summed E-state index contributed by atoms with van der Waals surface area (Å²) in [7, 11) is 0. The Hall–Kier alpha value is -0.490. The minimum atomic E-state index is 0.790. The molecule has 0 aliphatic heterocycles. The average molecular weight is 239 g/mol. The molecule has 0 bridgehead atoms. The number of rotatable bonds is 7. The molecular formula is C15H23Cl. The van der Waals surface area contributed by atoms with Crippen molar-refractivity contribution < 1.29 is 0 Å². The Bertz CT molecular complexity index is 276. The molecule has 1 aromatic carbocycles. The minimum absolute atomic E-state index is 0.790. The summed E-state index contributed by atoms with van der Waals surface area (Å²) >= 11 is 5.87. The Morgan fingerprint density at radius 3 is 2.38 bits per heavy atom. The van der Waals surface area contributed by atoms with E-state index in [1.807, 2.05) is 12.1 Å². The maximum absolute atomic E-state index is 5.87. The van der Waals surface area contributed by atoms with Gasteiger partial charge in [0.2, 0.25) is 0 Å². The minimum Gasteiger partial charge on any atom is -0.0843 e. The fourth-order valence-electron chi connectivity index (χ4n) is 2.04. The molecule has 0 nitrogen and oxygen atoms in total. The molecule has 0 spiro atoms. The average Bonchev–Trinajstić information content (AvgIpc) is 2.28. The fourth-order valence-corrected chi connectivity index (χ4v) is 2.17. The van der Waals surface area contributed by atoms with E-state index < -0.39 is 0 Å². The Balaban J connectivity index is 2.23. The first-order valence-electron chi connectivity index (χ1n) is 6.46. The zero-order valence-electron chi connectivity index (χ0n) is 10.5. The second-order valence-corrected chi connectivity index (χ2v) is 5.22. The van der Waals surface area contributed by atoms with E-state index in [0.717, 1.165) is 10.9 Å². The largest absolute Gasteiger partial charge is 0.0843 e. The van der Waals surface area contributed by atoms with Gasteiger partial charge in [-0.25, -0.2) is 0 Å². The second kappa shape index (κ2) is 7.73. The molecule has 90 valence electrons. The summed E-state index contributed by atoms with van der Waals surface area (Å²) in [5, 5.41) is 0.833. The van der Waals surface area contributed by atoms with Crippen LogP contribution in [0.15, 0.2) is 24.3 Å². The van der Waals surface area contributed by atoms with Crippen LogP contribution in [0, 0.1) is 5.92 Å². The maximum Gasteiger partial charge on any atom is 0.0406 e. The lowest BCUT2D eigenvalue weighted by Gasteiger charge is -2.11. The van der Waals surface area contributed by atoms with Crippen molar-refractivity contribution in [1.82, 2.24) is 0 Å². The van der Waals surface area contributed by atoms with Crippen LogP contribution < -0.4 is 0 Å². The van der Waals surface area contributed by atoms with Crippen LogP contribution >= 0.6 is 11.6 Å². The highest BCUT2D eigenvalue weighted by Gasteiger charge is 2.03. The lowest BCUT2D eigenvalue weighted by atomic mass is 9.95. The maximum atomic E-state index is 5.87. The van der Waals surface area contributed by atoms with Crippen molar-refractivity contribution in [3.05, 3.63) is 34.9 Å². The van der Waals surface area contributed by atoms with Crippen molar-refractivity contribution in [3.63, 3.8) is 0 Å². The first-order valence-corrected chi connectivity index (χ1v) is 6.84. The Morgan fingerprint density at radius 1 is 1.06 bits per heavy atom. The first kappa shape index (κ1) is 13.6. The molecule has 0 aromatic heterocycles. The summed E-state index contributed by atoms with van der Waals surface area (Å²) in [6.45, 7) is 4.61. The van der Waals surface area contributed by atoms with E-state index in [4.69, 9.17) is 11.6 Å². The molecule has 0 aliphatic carbocycles. The number of unbranched alkanes of at least 4 members (excludes halogenated alkanes) is 3. The summed E-state index contributed by atoms with van der Waals surface area (Å²) in [5.41, 5.74) is 1.41. The van der Waals surface area contributed by atoms with E-state index in [9.17, 15) is 0 Å². The van der Waals surface area contributed by atoms with Gasteiger partial charge in [-0.3, -0.25) is 0 Å². The Labute approximate surface area is 105 Å². The van der Waals surface area contributed by atoms with Gasteiger partial charge in [0, 0.05) is 5.02 Å². The standard InChI is InChI=1S/C15H23Cl/c1-3-4-5-6-7-13(2)12-14-8-10-15(16)11-9-14/h8-11,13H,3-7,12H2,1-2H3/t13-/m0/s1. The van der Waals surface area contributed by atoms with Crippen LogP contribution in [0.3, 0.4) is 0 Å². The third-order valence-electron chi connectivity index (χ3n) is 3.05. The number of hydrogen-bond acceptors (Lipinski definition) is 0. The van der Waals surface area contributed by atoms with Crippen LogP contribution in [0.2, 0.25) is 5.02 Å². The highest BCUT2D eigenvalue weighted by Crippen LogP contribution is 2.17. The van der Waals surface area contributed by atoms with E-state index in [1.165, 1.54) is 44.1 Å². The molecule has 1 heteroatoms. The molecule has 16 heavy (non-hydrogen) atoms. The zero-order valence-corrected chi connectivity index (χ0v) is 11.3. The molecule has 0 saturated heterocycles. The highest BCUT2D eigenvalue weighted by atomic mass is 35.5. The van der Waals surface area contributed by atoms with Crippen molar-refractivity contribution in [2.75, 3.05) is 0 Å². The normalized spacial score (nSPS) is 12.7. The fraction of sp³-hybridized carbons (Fsp3) is 0.600. The summed E-state index contributed by atoms with van der Waals surface area (Å²) in [4.78, 5) is 0. The van der Waals surface area contributed by atoms with Crippen LogP contribution in [-0.4, -0.2) is 0 Å². The van der Waals surface area contributed by atoms with Gasteiger partial charge in [0.25, 0.3) is 0 Å². The number of benzene rings is 1. The molecule has 1 atom stereocenters. The van der Waals surface area contributed by atoms with E-state index in [0.29, 0.717) is 0 Å². The van der Waals surface area contributed by atoms with E-state index in [1.54, 1.807) is 0 Å². The number of halogens is 1. The van der Waals surface area contributed by atoms with Gasteiger partial charge in [-0.05, 0) is 30.0 Å². The predicted molar refractivity (Wildman–Crippen MR) is 73.1 cm³/mol. The summed E-state index contributed by atoms with van der Waals surface area (Å²) in [6.07, 6.45) is 8.01. The Morgan fingerprint density at radius 2 is 1.75 bits per heavy atom. The van der Waals surface area contributed by atoms with Gasteiger partial charge in [-0.2, -0.15) is 0 Å². The van der Waals surface area contributed by atoms with Crippen molar-refractivity contribution in [2.45, 2.75) is 52.4 Å². The van der Waals surface area contributed by atoms with Gasteiger partial charge in [-0.15, -0.1) is 0 Å².